The SMILES string of the molecule is CCCC1Nc2c(Cl)cccc2NC1=O. The Morgan fingerprint density at radius 3 is 3.00 bits per heavy atom. The second kappa shape index (κ2) is 4.11. The molecule has 0 aliphatic carbocycles. The quantitative estimate of drug-likeness (QED) is 0.811. The van der Waals surface area contributed by atoms with Crippen LogP contribution in [0.5, 0.6) is 0 Å². The van der Waals surface area contributed by atoms with Gasteiger partial charge in [0, 0.05) is 0 Å². The maximum Gasteiger partial charge on any atom is 0.246 e. The van der Waals surface area contributed by atoms with Gasteiger partial charge in [-0.2, -0.15) is 0 Å². The Labute approximate surface area is 93.8 Å². The van der Waals surface area contributed by atoms with Gasteiger partial charge in [0.05, 0.1) is 16.4 Å². The number of carbonyl (C=O) groups excluding carboxylic acids is 1. The van der Waals surface area contributed by atoms with Crippen molar-refractivity contribution in [2.75, 3.05) is 10.6 Å². The molecule has 0 spiro atoms. The van der Waals surface area contributed by atoms with E-state index in [1.807, 2.05) is 18.2 Å². The first-order valence-corrected chi connectivity index (χ1v) is 5.46. The van der Waals surface area contributed by atoms with E-state index in [-0.39, 0.29) is 11.9 Å². The van der Waals surface area contributed by atoms with Crippen LogP contribution in [0.1, 0.15) is 19.8 Å². The third-order valence-electron chi connectivity index (χ3n) is 2.48. The minimum Gasteiger partial charge on any atom is -0.371 e. The second-order valence-corrected chi connectivity index (χ2v) is 4.04. The van der Waals surface area contributed by atoms with Gasteiger partial charge in [0.25, 0.3) is 0 Å². The minimum atomic E-state index is -0.164. The highest BCUT2D eigenvalue weighted by molar-refractivity contribution is 6.34. The highest BCUT2D eigenvalue weighted by Gasteiger charge is 2.25. The molecule has 0 aromatic heterocycles. The maximum absolute atomic E-state index is 11.6. The highest BCUT2D eigenvalue weighted by atomic mass is 35.5. The Morgan fingerprint density at radius 1 is 1.47 bits per heavy atom. The summed E-state index contributed by atoms with van der Waals surface area (Å²) in [4.78, 5) is 11.6. The van der Waals surface area contributed by atoms with E-state index < -0.39 is 0 Å². The second-order valence-electron chi connectivity index (χ2n) is 3.64. The lowest BCUT2D eigenvalue weighted by atomic mass is 10.1. The van der Waals surface area contributed by atoms with Gasteiger partial charge in [-0.05, 0) is 18.6 Å². The van der Waals surface area contributed by atoms with Gasteiger partial charge in [-0.1, -0.05) is 31.0 Å². The molecule has 2 rings (SSSR count). The van der Waals surface area contributed by atoms with Crippen LogP contribution in [0.2, 0.25) is 5.02 Å². The average Bonchev–Trinajstić information content (AvgIpc) is 2.21. The number of para-hydroxylation sites is 1. The van der Waals surface area contributed by atoms with Gasteiger partial charge < -0.3 is 10.6 Å². The number of amides is 1. The van der Waals surface area contributed by atoms with Crippen LogP contribution < -0.4 is 10.6 Å². The zero-order chi connectivity index (χ0) is 10.8. The molecule has 1 unspecified atom stereocenters. The molecule has 3 nitrogen and oxygen atoms in total. The van der Waals surface area contributed by atoms with Crippen LogP contribution in [-0.4, -0.2) is 11.9 Å². The lowest BCUT2D eigenvalue weighted by Crippen LogP contribution is -2.38. The van der Waals surface area contributed by atoms with Gasteiger partial charge in [0.2, 0.25) is 5.91 Å². The predicted octanol–water partition coefficient (Wildman–Crippen LogP) is 2.87. The molecule has 0 fully saturated rings. The number of anilines is 2. The van der Waals surface area contributed by atoms with Crippen LogP contribution in [0.4, 0.5) is 11.4 Å². The van der Waals surface area contributed by atoms with Crippen molar-refractivity contribution in [3.05, 3.63) is 23.2 Å². The number of halogens is 1. The molecule has 1 aromatic carbocycles. The van der Waals surface area contributed by atoms with Crippen LogP contribution >= 0.6 is 11.6 Å². The fraction of sp³-hybridized carbons (Fsp3) is 0.364. The summed E-state index contributed by atoms with van der Waals surface area (Å²) in [5, 5.41) is 6.67. The first-order valence-electron chi connectivity index (χ1n) is 5.08. The van der Waals surface area contributed by atoms with Crippen LogP contribution in [-0.2, 0) is 4.79 Å². The number of rotatable bonds is 2. The summed E-state index contributed by atoms with van der Waals surface area (Å²) in [5.41, 5.74) is 1.59. The van der Waals surface area contributed by atoms with Crippen molar-refractivity contribution < 1.29 is 4.79 Å². The van der Waals surface area contributed by atoms with Crippen molar-refractivity contribution in [1.29, 1.82) is 0 Å². The molecule has 1 amide bonds. The molecular formula is C11H13ClN2O. The van der Waals surface area contributed by atoms with E-state index in [0.29, 0.717) is 5.02 Å². The van der Waals surface area contributed by atoms with Crippen LogP contribution in [0.25, 0.3) is 0 Å². The van der Waals surface area contributed by atoms with Crippen LogP contribution in [0.15, 0.2) is 18.2 Å². The molecule has 1 aromatic rings. The largest absolute Gasteiger partial charge is 0.371 e. The Kier molecular flexibility index (Phi) is 2.82. The predicted molar refractivity (Wildman–Crippen MR) is 62.4 cm³/mol. The Morgan fingerprint density at radius 2 is 2.27 bits per heavy atom. The van der Waals surface area contributed by atoms with E-state index in [2.05, 4.69) is 17.6 Å². The molecule has 15 heavy (non-hydrogen) atoms. The van der Waals surface area contributed by atoms with Crippen molar-refractivity contribution in [3.8, 4) is 0 Å². The van der Waals surface area contributed by atoms with E-state index in [1.165, 1.54) is 0 Å². The molecule has 80 valence electrons. The summed E-state index contributed by atoms with van der Waals surface area (Å²) in [6, 6.07) is 5.31. The monoisotopic (exact) mass is 224 g/mol. The number of nitrogens with one attached hydrogen (secondary N) is 2. The first-order chi connectivity index (χ1) is 7.22. The summed E-state index contributed by atoms with van der Waals surface area (Å²) in [5.74, 6) is 0.0200. The standard InChI is InChI=1S/C11H13ClN2O/c1-2-4-9-11(15)14-8-6-3-5-7(12)10(8)13-9/h3,5-6,9,13H,2,4H2,1H3,(H,14,15). The maximum atomic E-state index is 11.6. The van der Waals surface area contributed by atoms with E-state index in [0.717, 1.165) is 24.2 Å². The van der Waals surface area contributed by atoms with Crippen molar-refractivity contribution >= 4 is 28.9 Å². The van der Waals surface area contributed by atoms with Crippen molar-refractivity contribution in [3.63, 3.8) is 0 Å². The molecule has 0 saturated carbocycles. The fourth-order valence-corrected chi connectivity index (χ4v) is 1.96. The third kappa shape index (κ3) is 1.92. The molecule has 1 aliphatic rings. The fourth-order valence-electron chi connectivity index (χ4n) is 1.73. The van der Waals surface area contributed by atoms with Crippen molar-refractivity contribution in [2.24, 2.45) is 0 Å². The molecule has 1 aliphatic heterocycles. The Bertz CT molecular complexity index is 392. The summed E-state index contributed by atoms with van der Waals surface area (Å²) >= 11 is 6.04. The summed E-state index contributed by atoms with van der Waals surface area (Å²) in [6.45, 7) is 2.05. The Balaban J connectivity index is 2.30. The number of carbonyl (C=O) groups is 1. The lowest BCUT2D eigenvalue weighted by Gasteiger charge is -2.27. The molecule has 2 N–H and O–H groups in total. The topological polar surface area (TPSA) is 41.1 Å². The molecule has 4 heteroatoms. The number of hydrogen-bond donors (Lipinski definition) is 2. The summed E-state index contributed by atoms with van der Waals surface area (Å²) in [7, 11) is 0. The molecule has 0 bridgehead atoms. The van der Waals surface area contributed by atoms with E-state index in [1.54, 1.807) is 0 Å². The third-order valence-corrected chi connectivity index (χ3v) is 2.80. The van der Waals surface area contributed by atoms with Crippen LogP contribution in [0.3, 0.4) is 0 Å². The van der Waals surface area contributed by atoms with Gasteiger partial charge in [-0.15, -0.1) is 0 Å². The summed E-state index contributed by atoms with van der Waals surface area (Å²) in [6.07, 6.45) is 1.78. The van der Waals surface area contributed by atoms with Gasteiger partial charge in [-0.3, -0.25) is 4.79 Å². The average molecular weight is 225 g/mol. The van der Waals surface area contributed by atoms with Gasteiger partial charge in [-0.25, -0.2) is 0 Å². The van der Waals surface area contributed by atoms with Crippen molar-refractivity contribution in [2.45, 2.75) is 25.8 Å². The van der Waals surface area contributed by atoms with Gasteiger partial charge >= 0.3 is 0 Å². The van der Waals surface area contributed by atoms with E-state index >= 15 is 0 Å². The van der Waals surface area contributed by atoms with Crippen LogP contribution in [0, 0.1) is 0 Å². The molecule has 0 saturated heterocycles. The first kappa shape index (κ1) is 10.3. The normalized spacial score (nSPS) is 19.1. The molecular weight excluding hydrogens is 212 g/mol. The zero-order valence-electron chi connectivity index (χ0n) is 8.51. The van der Waals surface area contributed by atoms with Gasteiger partial charge in [0.15, 0.2) is 0 Å². The molecule has 1 heterocycles. The summed E-state index contributed by atoms with van der Waals surface area (Å²) < 4.78 is 0. The zero-order valence-corrected chi connectivity index (χ0v) is 9.27. The smallest absolute Gasteiger partial charge is 0.246 e. The lowest BCUT2D eigenvalue weighted by molar-refractivity contribution is -0.117. The highest BCUT2D eigenvalue weighted by Crippen LogP contribution is 2.34. The molecule has 1 atom stereocenters. The number of benzene rings is 1. The minimum absolute atomic E-state index is 0.0200. The number of hydrogen-bond acceptors (Lipinski definition) is 2. The Hall–Kier alpha value is -1.22. The van der Waals surface area contributed by atoms with Crippen molar-refractivity contribution in [1.82, 2.24) is 0 Å². The molecule has 0 radical (unpaired) electrons. The van der Waals surface area contributed by atoms with Gasteiger partial charge in [0.1, 0.15) is 6.04 Å². The van der Waals surface area contributed by atoms with E-state index in [9.17, 15) is 4.79 Å². The van der Waals surface area contributed by atoms with E-state index in [4.69, 9.17) is 11.6 Å². The number of fused-ring (bicyclic) bond motifs is 1.